The number of hydrogen-bond acceptors (Lipinski definition) is 3. The smallest absolute Gasteiger partial charge is 0.0410 e. The van der Waals surface area contributed by atoms with Crippen LogP contribution in [0.15, 0.2) is 35.0 Å². The van der Waals surface area contributed by atoms with Crippen LogP contribution in [0.2, 0.25) is 0 Å². The topological polar surface area (TPSA) is 3.24 Å². The van der Waals surface area contributed by atoms with Gasteiger partial charge in [-0.25, -0.2) is 0 Å². The summed E-state index contributed by atoms with van der Waals surface area (Å²) >= 11 is 3.69. The van der Waals surface area contributed by atoms with Crippen molar-refractivity contribution in [2.24, 2.45) is 0 Å². The Kier molecular flexibility index (Phi) is 4.16. The van der Waals surface area contributed by atoms with E-state index in [1.54, 1.807) is 0 Å². The molecule has 0 aromatic carbocycles. The minimum Gasteiger partial charge on any atom is -0.298 e. The van der Waals surface area contributed by atoms with E-state index in [0.717, 1.165) is 13.0 Å². The van der Waals surface area contributed by atoms with E-state index in [0.29, 0.717) is 6.04 Å². The van der Waals surface area contributed by atoms with Gasteiger partial charge in [-0.05, 0) is 43.3 Å². The van der Waals surface area contributed by atoms with E-state index in [1.165, 1.54) is 9.75 Å². The predicted octanol–water partition coefficient (Wildman–Crippen LogP) is 4.05. The molecule has 0 amide bonds. The van der Waals surface area contributed by atoms with Crippen LogP contribution in [-0.2, 0) is 6.42 Å². The number of thiophene rings is 2. The highest BCUT2D eigenvalue weighted by Gasteiger charge is 2.12. The Morgan fingerprint density at radius 1 is 1.19 bits per heavy atom. The summed E-state index contributed by atoms with van der Waals surface area (Å²) in [5.41, 5.74) is 0. The first kappa shape index (κ1) is 11.8. The van der Waals surface area contributed by atoms with Crippen molar-refractivity contribution < 1.29 is 0 Å². The van der Waals surface area contributed by atoms with E-state index >= 15 is 0 Å². The normalized spacial score (nSPS) is 13.2. The lowest BCUT2D eigenvalue weighted by Gasteiger charge is -2.23. The molecule has 0 N–H and O–H groups in total. The average Bonchev–Trinajstić information content (AvgIpc) is 2.96. The maximum atomic E-state index is 2.42. The molecule has 0 bridgehead atoms. The molecular weight excluding hydrogens is 234 g/mol. The zero-order chi connectivity index (χ0) is 11.4. The van der Waals surface area contributed by atoms with Crippen molar-refractivity contribution in [3.05, 3.63) is 44.8 Å². The van der Waals surface area contributed by atoms with Crippen molar-refractivity contribution in [1.82, 2.24) is 4.90 Å². The van der Waals surface area contributed by atoms with Gasteiger partial charge in [-0.15, -0.1) is 22.7 Å². The molecule has 0 aliphatic rings. The quantitative estimate of drug-likeness (QED) is 0.775. The van der Waals surface area contributed by atoms with Gasteiger partial charge in [0.2, 0.25) is 0 Å². The van der Waals surface area contributed by atoms with E-state index in [1.807, 2.05) is 22.7 Å². The fraction of sp³-hybridized carbons (Fsp3) is 0.385. The molecule has 0 spiro atoms. The lowest BCUT2D eigenvalue weighted by molar-refractivity contribution is 0.269. The first-order valence-electron chi connectivity index (χ1n) is 5.53. The minimum absolute atomic E-state index is 0.528. The van der Waals surface area contributed by atoms with Crippen molar-refractivity contribution >= 4 is 22.7 Å². The fourth-order valence-electron chi connectivity index (χ4n) is 1.68. The Bertz CT molecular complexity index is 392. The van der Waals surface area contributed by atoms with E-state index in [2.05, 4.69) is 53.9 Å². The lowest BCUT2D eigenvalue weighted by Crippen LogP contribution is -2.24. The summed E-state index contributed by atoms with van der Waals surface area (Å²) in [6.45, 7) is 3.40. The zero-order valence-corrected chi connectivity index (χ0v) is 11.4. The van der Waals surface area contributed by atoms with Gasteiger partial charge in [-0.2, -0.15) is 0 Å². The molecule has 16 heavy (non-hydrogen) atoms. The first-order chi connectivity index (χ1) is 7.77. The molecule has 2 aromatic rings. The molecule has 86 valence electrons. The van der Waals surface area contributed by atoms with Crippen LogP contribution in [0.4, 0.5) is 0 Å². The van der Waals surface area contributed by atoms with Gasteiger partial charge < -0.3 is 0 Å². The summed E-state index contributed by atoms with van der Waals surface area (Å²) in [6, 6.07) is 9.22. The van der Waals surface area contributed by atoms with E-state index in [4.69, 9.17) is 0 Å². The second-order valence-corrected chi connectivity index (χ2v) is 6.01. The second-order valence-electron chi connectivity index (χ2n) is 4.00. The number of hydrogen-bond donors (Lipinski definition) is 0. The Balaban J connectivity index is 1.86. The molecule has 1 nitrogen and oxygen atoms in total. The van der Waals surface area contributed by atoms with Crippen LogP contribution in [0, 0.1) is 0 Å². The molecular formula is C13H17NS2. The molecule has 0 radical (unpaired) electrons. The van der Waals surface area contributed by atoms with Gasteiger partial charge in [0, 0.05) is 22.3 Å². The molecule has 0 saturated carbocycles. The van der Waals surface area contributed by atoms with Gasteiger partial charge >= 0.3 is 0 Å². The maximum Gasteiger partial charge on any atom is 0.0410 e. The van der Waals surface area contributed by atoms with Crippen LogP contribution in [0.3, 0.4) is 0 Å². The first-order valence-corrected chi connectivity index (χ1v) is 7.29. The second kappa shape index (κ2) is 5.62. The SMILES string of the molecule is CC(c1cccs1)N(C)CCc1cccs1. The summed E-state index contributed by atoms with van der Waals surface area (Å²) < 4.78 is 0. The maximum absolute atomic E-state index is 2.42. The number of likely N-dealkylation sites (N-methyl/N-ethyl adjacent to an activating group) is 1. The van der Waals surface area contributed by atoms with E-state index in [9.17, 15) is 0 Å². The summed E-state index contributed by atoms with van der Waals surface area (Å²) in [5, 5.41) is 4.30. The number of nitrogens with zero attached hydrogens (tertiary/aromatic N) is 1. The van der Waals surface area contributed by atoms with Gasteiger partial charge in [0.15, 0.2) is 0 Å². The zero-order valence-electron chi connectivity index (χ0n) is 9.72. The summed E-state index contributed by atoms with van der Waals surface area (Å²) in [4.78, 5) is 5.35. The molecule has 2 heterocycles. The summed E-state index contributed by atoms with van der Waals surface area (Å²) in [7, 11) is 2.21. The fourth-order valence-corrected chi connectivity index (χ4v) is 3.23. The Hall–Kier alpha value is -0.640. The van der Waals surface area contributed by atoms with Gasteiger partial charge in [0.1, 0.15) is 0 Å². The molecule has 0 saturated heterocycles. The lowest BCUT2D eigenvalue weighted by atomic mass is 10.2. The highest BCUT2D eigenvalue weighted by atomic mass is 32.1. The molecule has 2 aromatic heterocycles. The molecule has 2 rings (SSSR count). The van der Waals surface area contributed by atoms with Gasteiger partial charge in [-0.1, -0.05) is 12.1 Å². The van der Waals surface area contributed by atoms with Gasteiger partial charge in [0.25, 0.3) is 0 Å². The average molecular weight is 251 g/mol. The van der Waals surface area contributed by atoms with E-state index in [-0.39, 0.29) is 0 Å². The van der Waals surface area contributed by atoms with Crippen LogP contribution in [0.1, 0.15) is 22.7 Å². The minimum atomic E-state index is 0.528. The Morgan fingerprint density at radius 2 is 1.94 bits per heavy atom. The van der Waals surface area contributed by atoms with Crippen molar-refractivity contribution in [2.45, 2.75) is 19.4 Å². The third-order valence-electron chi connectivity index (χ3n) is 2.91. The van der Waals surface area contributed by atoms with Crippen molar-refractivity contribution in [3.63, 3.8) is 0 Å². The van der Waals surface area contributed by atoms with Crippen molar-refractivity contribution in [3.8, 4) is 0 Å². The van der Waals surface area contributed by atoms with Gasteiger partial charge in [0.05, 0.1) is 0 Å². The molecule has 1 atom stereocenters. The summed E-state index contributed by atoms with van der Waals surface area (Å²) in [5.74, 6) is 0. The third-order valence-corrected chi connectivity index (χ3v) is 4.89. The highest BCUT2D eigenvalue weighted by Crippen LogP contribution is 2.23. The highest BCUT2D eigenvalue weighted by molar-refractivity contribution is 7.10. The monoisotopic (exact) mass is 251 g/mol. The number of rotatable bonds is 5. The van der Waals surface area contributed by atoms with Crippen LogP contribution in [-0.4, -0.2) is 18.5 Å². The summed E-state index contributed by atoms with van der Waals surface area (Å²) in [6.07, 6.45) is 1.16. The molecule has 0 aliphatic heterocycles. The molecule has 1 unspecified atom stereocenters. The standard InChI is InChI=1S/C13H17NS2/c1-11(13-6-4-10-16-13)14(2)8-7-12-5-3-9-15-12/h3-6,9-11H,7-8H2,1-2H3. The predicted molar refractivity (Wildman–Crippen MR) is 73.4 cm³/mol. The Labute approximate surface area is 105 Å². The van der Waals surface area contributed by atoms with Crippen LogP contribution in [0.25, 0.3) is 0 Å². The molecule has 0 fully saturated rings. The van der Waals surface area contributed by atoms with Gasteiger partial charge in [-0.3, -0.25) is 4.90 Å². The molecule has 3 heteroatoms. The third kappa shape index (κ3) is 2.94. The Morgan fingerprint density at radius 3 is 2.56 bits per heavy atom. The van der Waals surface area contributed by atoms with Crippen molar-refractivity contribution in [2.75, 3.05) is 13.6 Å². The molecule has 0 aliphatic carbocycles. The van der Waals surface area contributed by atoms with Crippen LogP contribution in [0.5, 0.6) is 0 Å². The van der Waals surface area contributed by atoms with Crippen molar-refractivity contribution in [1.29, 1.82) is 0 Å². The van der Waals surface area contributed by atoms with Crippen LogP contribution >= 0.6 is 22.7 Å². The van der Waals surface area contributed by atoms with E-state index < -0.39 is 0 Å². The largest absolute Gasteiger partial charge is 0.298 e. The van der Waals surface area contributed by atoms with Crippen LogP contribution < -0.4 is 0 Å².